The van der Waals surface area contributed by atoms with Gasteiger partial charge in [0.2, 0.25) is 0 Å². The molecule has 0 bridgehead atoms. The summed E-state index contributed by atoms with van der Waals surface area (Å²) < 4.78 is 1.73. The maximum absolute atomic E-state index is 10.7. The smallest absolute Gasteiger partial charge is 0.273 e. The van der Waals surface area contributed by atoms with Crippen LogP contribution in [-0.2, 0) is 13.6 Å². The highest BCUT2D eigenvalue weighted by atomic mass is 16.6. The lowest BCUT2D eigenvalue weighted by Crippen LogP contribution is -2.06. The molecule has 7 nitrogen and oxygen atoms in total. The number of aryl methyl sites for hydroxylation is 1. The van der Waals surface area contributed by atoms with E-state index in [2.05, 4.69) is 10.4 Å². The Morgan fingerprint density at radius 2 is 2.28 bits per heavy atom. The number of nitrogens with one attached hydrogen (secondary N) is 1. The van der Waals surface area contributed by atoms with Crippen LogP contribution in [0.4, 0.5) is 17.1 Å². The summed E-state index contributed by atoms with van der Waals surface area (Å²) in [7, 11) is 1.83. The van der Waals surface area contributed by atoms with Crippen LogP contribution in [0.1, 0.15) is 5.69 Å². The van der Waals surface area contributed by atoms with Crippen LogP contribution in [0.25, 0.3) is 0 Å². The van der Waals surface area contributed by atoms with Crippen molar-refractivity contribution >= 4 is 17.1 Å². The van der Waals surface area contributed by atoms with Gasteiger partial charge in [0.05, 0.1) is 17.2 Å². The van der Waals surface area contributed by atoms with Gasteiger partial charge in [0.15, 0.2) is 0 Å². The molecule has 0 atom stereocenters. The summed E-state index contributed by atoms with van der Waals surface area (Å²) >= 11 is 0. The number of non-ortho nitro benzene ring substituents is 1. The molecule has 0 aliphatic heterocycles. The van der Waals surface area contributed by atoms with Gasteiger partial charge in [0, 0.05) is 36.8 Å². The Hall–Kier alpha value is -2.57. The number of nitrogens with zero attached hydrogens (tertiary/aromatic N) is 3. The Balaban J connectivity index is 2.14. The maximum Gasteiger partial charge on any atom is 0.273 e. The number of nitrogens with two attached hydrogens (primary N) is 1. The number of anilines is 2. The molecule has 0 saturated carbocycles. The maximum atomic E-state index is 10.7. The van der Waals surface area contributed by atoms with Crippen molar-refractivity contribution in [3.05, 3.63) is 46.3 Å². The molecule has 0 aliphatic carbocycles. The minimum Gasteiger partial charge on any atom is -0.398 e. The summed E-state index contributed by atoms with van der Waals surface area (Å²) in [4.78, 5) is 10.2. The molecule has 0 unspecified atom stereocenters. The van der Waals surface area contributed by atoms with Gasteiger partial charge in [-0.2, -0.15) is 5.10 Å². The van der Waals surface area contributed by atoms with Crippen molar-refractivity contribution in [2.75, 3.05) is 11.1 Å². The lowest BCUT2D eigenvalue weighted by Gasteiger charge is -2.07. The number of nitrogen functional groups attached to an aromatic ring is 1. The van der Waals surface area contributed by atoms with Gasteiger partial charge < -0.3 is 11.1 Å². The molecule has 94 valence electrons. The number of nitro benzene ring substituents is 1. The van der Waals surface area contributed by atoms with Crippen molar-refractivity contribution in [2.24, 2.45) is 7.05 Å². The summed E-state index contributed by atoms with van der Waals surface area (Å²) in [6.07, 6.45) is 1.69. The summed E-state index contributed by atoms with van der Waals surface area (Å²) in [6.45, 7) is 0.525. The fourth-order valence-corrected chi connectivity index (χ4v) is 1.61. The molecule has 0 radical (unpaired) electrons. The molecule has 0 spiro atoms. The van der Waals surface area contributed by atoms with Crippen molar-refractivity contribution in [1.29, 1.82) is 0 Å². The molecule has 0 fully saturated rings. The highest BCUT2D eigenvalue weighted by Crippen LogP contribution is 2.22. The average Bonchev–Trinajstić information content (AvgIpc) is 2.71. The molecule has 3 N–H and O–H groups in total. The molecule has 7 heteroatoms. The van der Waals surface area contributed by atoms with E-state index >= 15 is 0 Å². The van der Waals surface area contributed by atoms with Gasteiger partial charge in [-0.15, -0.1) is 0 Å². The van der Waals surface area contributed by atoms with Gasteiger partial charge in [-0.3, -0.25) is 14.8 Å². The normalized spacial score (nSPS) is 10.3. The van der Waals surface area contributed by atoms with E-state index in [1.54, 1.807) is 16.9 Å². The summed E-state index contributed by atoms with van der Waals surface area (Å²) in [5.74, 6) is 0. The zero-order valence-corrected chi connectivity index (χ0v) is 9.83. The van der Waals surface area contributed by atoms with E-state index in [0.29, 0.717) is 17.9 Å². The molecule has 1 heterocycles. The summed E-state index contributed by atoms with van der Waals surface area (Å²) in [5.41, 5.74) is 7.53. The van der Waals surface area contributed by atoms with Crippen LogP contribution in [0.2, 0.25) is 0 Å². The number of nitro groups is 1. The van der Waals surface area contributed by atoms with Crippen molar-refractivity contribution in [2.45, 2.75) is 6.54 Å². The fourth-order valence-electron chi connectivity index (χ4n) is 1.61. The first-order valence-electron chi connectivity index (χ1n) is 5.32. The van der Waals surface area contributed by atoms with Crippen molar-refractivity contribution in [3.8, 4) is 0 Å². The lowest BCUT2D eigenvalue weighted by molar-refractivity contribution is -0.384. The van der Waals surface area contributed by atoms with E-state index in [0.717, 1.165) is 5.69 Å². The second-order valence-corrected chi connectivity index (χ2v) is 3.87. The Morgan fingerprint density at radius 3 is 2.89 bits per heavy atom. The second-order valence-electron chi connectivity index (χ2n) is 3.87. The van der Waals surface area contributed by atoms with Crippen LogP contribution < -0.4 is 11.1 Å². The SMILES string of the molecule is Cn1nccc1CNc1cc(N)cc([N+](=O)[O-])c1. The predicted octanol–water partition coefficient (Wildman–Crippen LogP) is 1.52. The largest absolute Gasteiger partial charge is 0.398 e. The van der Waals surface area contributed by atoms with Gasteiger partial charge in [0.25, 0.3) is 5.69 Å². The van der Waals surface area contributed by atoms with Crippen molar-refractivity contribution < 1.29 is 4.92 Å². The number of rotatable bonds is 4. The zero-order valence-electron chi connectivity index (χ0n) is 9.83. The number of benzene rings is 1. The Bertz CT molecular complexity index is 579. The third kappa shape index (κ3) is 2.57. The van der Waals surface area contributed by atoms with Crippen LogP contribution in [0.15, 0.2) is 30.5 Å². The van der Waals surface area contributed by atoms with E-state index in [9.17, 15) is 10.1 Å². The number of aromatic nitrogens is 2. The molecule has 1 aromatic heterocycles. The molecule has 2 aromatic rings. The summed E-state index contributed by atoms with van der Waals surface area (Å²) in [5, 5.41) is 17.8. The topological polar surface area (TPSA) is 99.0 Å². The molecule has 18 heavy (non-hydrogen) atoms. The zero-order chi connectivity index (χ0) is 13.1. The average molecular weight is 247 g/mol. The molecular formula is C11H13N5O2. The first-order chi connectivity index (χ1) is 8.56. The van der Waals surface area contributed by atoms with Crippen LogP contribution in [0.3, 0.4) is 0 Å². The van der Waals surface area contributed by atoms with Gasteiger partial charge in [0.1, 0.15) is 0 Å². The molecular weight excluding hydrogens is 234 g/mol. The van der Waals surface area contributed by atoms with Crippen LogP contribution in [0, 0.1) is 10.1 Å². The Kier molecular flexibility index (Phi) is 3.13. The number of hydrogen-bond donors (Lipinski definition) is 2. The van der Waals surface area contributed by atoms with Gasteiger partial charge in [-0.05, 0) is 12.1 Å². The van der Waals surface area contributed by atoms with Crippen LogP contribution >= 0.6 is 0 Å². The molecule has 0 amide bonds. The molecule has 1 aromatic carbocycles. The number of hydrogen-bond acceptors (Lipinski definition) is 5. The minimum absolute atomic E-state index is 0.0255. The quantitative estimate of drug-likeness (QED) is 0.485. The van der Waals surface area contributed by atoms with Crippen LogP contribution in [0.5, 0.6) is 0 Å². The van der Waals surface area contributed by atoms with E-state index in [1.165, 1.54) is 12.1 Å². The second kappa shape index (κ2) is 4.74. The molecule has 2 rings (SSSR count). The monoisotopic (exact) mass is 247 g/mol. The predicted molar refractivity (Wildman–Crippen MR) is 68.0 cm³/mol. The lowest BCUT2D eigenvalue weighted by atomic mass is 10.2. The molecule has 0 saturated heterocycles. The van der Waals surface area contributed by atoms with Gasteiger partial charge >= 0.3 is 0 Å². The standard InChI is InChI=1S/C11H13N5O2/c1-15-10(2-3-14-15)7-13-9-4-8(12)5-11(6-9)16(17)18/h2-6,13H,7,12H2,1H3. The summed E-state index contributed by atoms with van der Waals surface area (Å²) in [6, 6.07) is 6.30. The third-order valence-electron chi connectivity index (χ3n) is 2.55. The Labute approximate surface area is 103 Å². The first-order valence-corrected chi connectivity index (χ1v) is 5.32. The van der Waals surface area contributed by atoms with Crippen LogP contribution in [-0.4, -0.2) is 14.7 Å². The van der Waals surface area contributed by atoms with E-state index in [1.807, 2.05) is 13.1 Å². The van der Waals surface area contributed by atoms with Gasteiger partial charge in [-0.1, -0.05) is 0 Å². The first kappa shape index (κ1) is 11.9. The van der Waals surface area contributed by atoms with Gasteiger partial charge in [-0.25, -0.2) is 0 Å². The highest BCUT2D eigenvalue weighted by molar-refractivity contribution is 5.61. The minimum atomic E-state index is -0.467. The Morgan fingerprint density at radius 1 is 1.50 bits per heavy atom. The van der Waals surface area contributed by atoms with Crippen molar-refractivity contribution in [1.82, 2.24) is 9.78 Å². The van der Waals surface area contributed by atoms with E-state index < -0.39 is 4.92 Å². The third-order valence-corrected chi connectivity index (χ3v) is 2.55. The van der Waals surface area contributed by atoms with Crippen molar-refractivity contribution in [3.63, 3.8) is 0 Å². The van der Waals surface area contributed by atoms with E-state index in [4.69, 9.17) is 5.73 Å². The molecule has 0 aliphatic rings. The fraction of sp³-hybridized carbons (Fsp3) is 0.182. The van der Waals surface area contributed by atoms with E-state index in [-0.39, 0.29) is 5.69 Å². The highest BCUT2D eigenvalue weighted by Gasteiger charge is 2.08.